The molecule has 0 radical (unpaired) electrons. The summed E-state index contributed by atoms with van der Waals surface area (Å²) in [7, 11) is 1.73. The highest BCUT2D eigenvalue weighted by Crippen LogP contribution is 2.39. The molecular weight excluding hydrogens is 214 g/mol. The standard InChI is InChI=1S/C14H29NO2/c1-12(11-16-5)17-14(7-6-8-14)9-10-15-13(2,3)4/h12,15H,6-11H2,1-5H3. The van der Waals surface area contributed by atoms with Crippen LogP contribution in [0.15, 0.2) is 0 Å². The minimum atomic E-state index is 0.121. The maximum absolute atomic E-state index is 6.16. The van der Waals surface area contributed by atoms with Gasteiger partial charge in [-0.25, -0.2) is 0 Å². The molecule has 0 heterocycles. The van der Waals surface area contributed by atoms with Gasteiger partial charge < -0.3 is 14.8 Å². The van der Waals surface area contributed by atoms with Crippen LogP contribution in [0.25, 0.3) is 0 Å². The Morgan fingerprint density at radius 3 is 2.35 bits per heavy atom. The van der Waals surface area contributed by atoms with Gasteiger partial charge in [0.1, 0.15) is 0 Å². The van der Waals surface area contributed by atoms with E-state index >= 15 is 0 Å². The fourth-order valence-electron chi connectivity index (χ4n) is 2.36. The van der Waals surface area contributed by atoms with Crippen molar-refractivity contribution < 1.29 is 9.47 Å². The Labute approximate surface area is 106 Å². The molecule has 0 spiro atoms. The predicted molar refractivity (Wildman–Crippen MR) is 71.4 cm³/mol. The summed E-state index contributed by atoms with van der Waals surface area (Å²) in [4.78, 5) is 0. The Kier molecular flexibility index (Phi) is 5.42. The van der Waals surface area contributed by atoms with Crippen LogP contribution < -0.4 is 5.32 Å². The maximum atomic E-state index is 6.16. The lowest BCUT2D eigenvalue weighted by atomic mass is 9.77. The molecule has 0 aromatic heterocycles. The lowest BCUT2D eigenvalue weighted by molar-refractivity contribution is -0.151. The topological polar surface area (TPSA) is 30.5 Å². The smallest absolute Gasteiger partial charge is 0.0787 e. The Morgan fingerprint density at radius 2 is 1.94 bits per heavy atom. The van der Waals surface area contributed by atoms with Gasteiger partial charge in [0.2, 0.25) is 0 Å². The number of rotatable bonds is 7. The van der Waals surface area contributed by atoms with Crippen LogP contribution in [0.2, 0.25) is 0 Å². The lowest BCUT2D eigenvalue weighted by Gasteiger charge is -2.44. The Bertz CT molecular complexity index is 219. The third kappa shape index (κ3) is 5.36. The first-order chi connectivity index (χ1) is 7.87. The van der Waals surface area contributed by atoms with Gasteiger partial charge in [-0.3, -0.25) is 0 Å². The summed E-state index contributed by atoms with van der Waals surface area (Å²) in [5.41, 5.74) is 0.319. The van der Waals surface area contributed by atoms with Crippen molar-refractivity contribution in [3.8, 4) is 0 Å². The van der Waals surface area contributed by atoms with Gasteiger partial charge in [-0.1, -0.05) is 0 Å². The van der Waals surface area contributed by atoms with E-state index < -0.39 is 0 Å². The van der Waals surface area contributed by atoms with Crippen molar-refractivity contribution in [1.82, 2.24) is 5.32 Å². The highest BCUT2D eigenvalue weighted by molar-refractivity contribution is 4.91. The van der Waals surface area contributed by atoms with Crippen LogP contribution in [0.3, 0.4) is 0 Å². The number of hydrogen-bond donors (Lipinski definition) is 1. The molecule has 1 rings (SSSR count). The van der Waals surface area contributed by atoms with Crippen molar-refractivity contribution in [3.05, 3.63) is 0 Å². The molecule has 102 valence electrons. The van der Waals surface area contributed by atoms with Crippen molar-refractivity contribution in [2.45, 2.75) is 70.6 Å². The first-order valence-corrected chi connectivity index (χ1v) is 6.79. The van der Waals surface area contributed by atoms with E-state index in [0.29, 0.717) is 6.61 Å². The minimum absolute atomic E-state index is 0.121. The molecule has 3 nitrogen and oxygen atoms in total. The van der Waals surface area contributed by atoms with E-state index in [1.165, 1.54) is 19.3 Å². The summed E-state index contributed by atoms with van der Waals surface area (Å²) in [6.45, 7) is 10.4. The second-order valence-corrected chi connectivity index (χ2v) is 6.35. The monoisotopic (exact) mass is 243 g/mol. The first kappa shape index (κ1) is 14.9. The Balaban J connectivity index is 2.31. The summed E-state index contributed by atoms with van der Waals surface area (Å²) < 4.78 is 11.3. The average molecular weight is 243 g/mol. The zero-order chi connectivity index (χ0) is 12.9. The van der Waals surface area contributed by atoms with Gasteiger partial charge in [-0.2, -0.15) is 0 Å². The van der Waals surface area contributed by atoms with Gasteiger partial charge in [0.05, 0.1) is 18.3 Å². The molecule has 0 aromatic rings. The summed E-state index contributed by atoms with van der Waals surface area (Å²) in [6, 6.07) is 0. The summed E-state index contributed by atoms with van der Waals surface area (Å²) in [5, 5.41) is 3.54. The molecule has 1 aliphatic rings. The quantitative estimate of drug-likeness (QED) is 0.746. The minimum Gasteiger partial charge on any atom is -0.382 e. The number of hydrogen-bond acceptors (Lipinski definition) is 3. The maximum Gasteiger partial charge on any atom is 0.0787 e. The Hall–Kier alpha value is -0.120. The van der Waals surface area contributed by atoms with Crippen molar-refractivity contribution in [2.75, 3.05) is 20.3 Å². The molecule has 1 aliphatic carbocycles. The molecule has 17 heavy (non-hydrogen) atoms. The fraction of sp³-hybridized carbons (Fsp3) is 1.00. The van der Waals surface area contributed by atoms with Crippen molar-refractivity contribution in [2.24, 2.45) is 0 Å². The Morgan fingerprint density at radius 1 is 1.29 bits per heavy atom. The molecule has 0 bridgehead atoms. The van der Waals surface area contributed by atoms with E-state index in [4.69, 9.17) is 9.47 Å². The van der Waals surface area contributed by atoms with E-state index in [1.807, 2.05) is 0 Å². The van der Waals surface area contributed by atoms with E-state index in [2.05, 4.69) is 33.0 Å². The zero-order valence-corrected chi connectivity index (χ0v) is 12.1. The molecule has 0 aromatic carbocycles. The average Bonchev–Trinajstić information content (AvgIpc) is 2.12. The molecule has 1 unspecified atom stereocenters. The van der Waals surface area contributed by atoms with Crippen LogP contribution >= 0.6 is 0 Å². The molecule has 3 heteroatoms. The van der Waals surface area contributed by atoms with Gasteiger partial charge in [0, 0.05) is 12.6 Å². The summed E-state index contributed by atoms with van der Waals surface area (Å²) >= 11 is 0. The van der Waals surface area contributed by atoms with E-state index in [9.17, 15) is 0 Å². The van der Waals surface area contributed by atoms with Crippen molar-refractivity contribution in [1.29, 1.82) is 0 Å². The predicted octanol–water partition coefficient (Wildman–Crippen LogP) is 2.74. The van der Waals surface area contributed by atoms with Crippen LogP contribution in [-0.4, -0.2) is 37.5 Å². The molecule has 0 amide bonds. The van der Waals surface area contributed by atoms with Gasteiger partial charge in [-0.05, 0) is 59.9 Å². The van der Waals surface area contributed by atoms with Crippen molar-refractivity contribution in [3.63, 3.8) is 0 Å². The largest absolute Gasteiger partial charge is 0.382 e. The number of ether oxygens (including phenoxy) is 2. The lowest BCUT2D eigenvalue weighted by Crippen LogP contribution is -2.47. The SMILES string of the molecule is COCC(C)OC1(CCNC(C)(C)C)CCC1. The second kappa shape index (κ2) is 6.17. The molecule has 0 aliphatic heterocycles. The van der Waals surface area contributed by atoms with Crippen molar-refractivity contribution >= 4 is 0 Å². The fourth-order valence-corrected chi connectivity index (χ4v) is 2.36. The van der Waals surface area contributed by atoms with Gasteiger partial charge in [-0.15, -0.1) is 0 Å². The molecule has 0 saturated heterocycles. The highest BCUT2D eigenvalue weighted by atomic mass is 16.5. The molecule has 1 fully saturated rings. The summed E-state index contributed by atoms with van der Waals surface area (Å²) in [5.74, 6) is 0. The van der Waals surface area contributed by atoms with E-state index in [-0.39, 0.29) is 17.2 Å². The number of nitrogens with one attached hydrogen (secondary N) is 1. The van der Waals surface area contributed by atoms with Crippen LogP contribution in [0.1, 0.15) is 53.4 Å². The second-order valence-electron chi connectivity index (χ2n) is 6.35. The first-order valence-electron chi connectivity index (χ1n) is 6.79. The van der Waals surface area contributed by atoms with Gasteiger partial charge in [0.25, 0.3) is 0 Å². The normalized spacial score (nSPS) is 21.0. The van der Waals surface area contributed by atoms with Crippen LogP contribution in [-0.2, 0) is 9.47 Å². The van der Waals surface area contributed by atoms with Crippen LogP contribution in [0.5, 0.6) is 0 Å². The van der Waals surface area contributed by atoms with Crippen LogP contribution in [0, 0.1) is 0 Å². The van der Waals surface area contributed by atoms with Gasteiger partial charge in [0.15, 0.2) is 0 Å². The number of methoxy groups -OCH3 is 1. The molecule has 1 saturated carbocycles. The third-order valence-corrected chi connectivity index (χ3v) is 3.35. The molecular formula is C14H29NO2. The zero-order valence-electron chi connectivity index (χ0n) is 12.1. The molecule has 1 atom stereocenters. The van der Waals surface area contributed by atoms with Gasteiger partial charge >= 0.3 is 0 Å². The molecule has 1 N–H and O–H groups in total. The highest BCUT2D eigenvalue weighted by Gasteiger charge is 2.39. The van der Waals surface area contributed by atoms with E-state index in [1.54, 1.807) is 7.11 Å². The third-order valence-electron chi connectivity index (χ3n) is 3.35. The summed E-state index contributed by atoms with van der Waals surface area (Å²) in [6.07, 6.45) is 5.02. The van der Waals surface area contributed by atoms with E-state index in [0.717, 1.165) is 13.0 Å². The van der Waals surface area contributed by atoms with Crippen LogP contribution in [0.4, 0.5) is 0 Å².